The number of carbonyl (C=O) groups is 1. The number of nitrogens with two attached hydrogens (primary N) is 1. The number of unbranched alkanes of at least 4 members (excludes halogenated alkanes) is 1. The summed E-state index contributed by atoms with van der Waals surface area (Å²) in [5.74, 6) is 0.938. The summed E-state index contributed by atoms with van der Waals surface area (Å²) in [6.45, 7) is 6.34. The monoisotopic (exact) mass is 306 g/mol. The van der Waals surface area contributed by atoms with E-state index in [-0.39, 0.29) is 6.61 Å². The largest absolute Gasteiger partial charge is 0.484 e. The molecule has 0 aromatic heterocycles. The Morgan fingerprint density at radius 2 is 2.14 bits per heavy atom. The highest BCUT2D eigenvalue weighted by Gasteiger charge is 2.00. The highest BCUT2D eigenvalue weighted by molar-refractivity contribution is 5.79. The van der Waals surface area contributed by atoms with Crippen molar-refractivity contribution in [1.29, 1.82) is 0 Å². The molecule has 0 radical (unpaired) electrons. The summed E-state index contributed by atoms with van der Waals surface area (Å²) in [5.41, 5.74) is 6.07. The normalized spacial score (nSPS) is 11.1. The number of hydrogen-bond donors (Lipinski definition) is 3. The number of nitrogens with zero attached hydrogens (tertiary/aromatic N) is 1. The van der Waals surface area contributed by atoms with Crippen LogP contribution >= 0.6 is 0 Å². The fourth-order valence-electron chi connectivity index (χ4n) is 1.78. The van der Waals surface area contributed by atoms with E-state index in [2.05, 4.69) is 22.5 Å². The van der Waals surface area contributed by atoms with E-state index in [1.54, 1.807) is 6.07 Å². The average Bonchev–Trinajstić information content (AvgIpc) is 2.51. The first kappa shape index (κ1) is 17.8. The first-order chi connectivity index (χ1) is 10.7. The van der Waals surface area contributed by atoms with Crippen molar-refractivity contribution in [3.8, 4) is 5.75 Å². The second-order valence-corrected chi connectivity index (χ2v) is 4.88. The Morgan fingerprint density at radius 3 is 2.82 bits per heavy atom. The van der Waals surface area contributed by atoms with E-state index in [0.29, 0.717) is 12.3 Å². The third-order valence-corrected chi connectivity index (χ3v) is 2.87. The maximum Gasteiger partial charge on any atom is 0.255 e. The van der Waals surface area contributed by atoms with Crippen molar-refractivity contribution in [2.75, 3.05) is 19.7 Å². The van der Waals surface area contributed by atoms with Gasteiger partial charge in [-0.2, -0.15) is 0 Å². The van der Waals surface area contributed by atoms with Gasteiger partial charge in [0, 0.05) is 13.1 Å². The Hall–Kier alpha value is -2.24. The van der Waals surface area contributed by atoms with E-state index in [9.17, 15) is 4.79 Å². The van der Waals surface area contributed by atoms with Crippen LogP contribution < -0.4 is 21.1 Å². The van der Waals surface area contributed by atoms with Crippen LogP contribution in [-0.4, -0.2) is 31.6 Å². The smallest absolute Gasteiger partial charge is 0.255 e. The third kappa shape index (κ3) is 7.52. The fourth-order valence-corrected chi connectivity index (χ4v) is 1.78. The van der Waals surface area contributed by atoms with E-state index >= 15 is 0 Å². The van der Waals surface area contributed by atoms with Crippen molar-refractivity contribution in [1.82, 2.24) is 10.6 Å². The van der Waals surface area contributed by atoms with Gasteiger partial charge in [0.25, 0.3) is 5.91 Å². The predicted molar refractivity (Wildman–Crippen MR) is 88.9 cm³/mol. The summed E-state index contributed by atoms with van der Waals surface area (Å²) >= 11 is 0. The van der Waals surface area contributed by atoms with Crippen LogP contribution in [0.4, 0.5) is 0 Å². The number of nitrogens with one attached hydrogen (secondary N) is 2. The molecule has 6 heteroatoms. The minimum atomic E-state index is -0.488. The minimum absolute atomic E-state index is 0.117. The van der Waals surface area contributed by atoms with Crippen LogP contribution in [0.1, 0.15) is 32.3 Å². The summed E-state index contributed by atoms with van der Waals surface area (Å²) in [6.07, 6.45) is 2.26. The van der Waals surface area contributed by atoms with Crippen LogP contribution in [0.15, 0.2) is 29.3 Å². The van der Waals surface area contributed by atoms with E-state index < -0.39 is 5.91 Å². The van der Waals surface area contributed by atoms with Gasteiger partial charge in [0.15, 0.2) is 12.6 Å². The lowest BCUT2D eigenvalue weighted by molar-refractivity contribution is -0.119. The minimum Gasteiger partial charge on any atom is -0.484 e. The lowest BCUT2D eigenvalue weighted by atomic mass is 10.2. The van der Waals surface area contributed by atoms with Crippen LogP contribution in [0.5, 0.6) is 5.75 Å². The molecule has 0 aliphatic heterocycles. The van der Waals surface area contributed by atoms with Crippen molar-refractivity contribution in [3.05, 3.63) is 29.8 Å². The average molecular weight is 306 g/mol. The molecule has 0 saturated carbocycles. The molecule has 1 aromatic rings. The highest BCUT2D eigenvalue weighted by Crippen LogP contribution is 2.13. The second kappa shape index (κ2) is 10.5. The topological polar surface area (TPSA) is 88.7 Å². The molecule has 0 unspecified atom stereocenters. The lowest BCUT2D eigenvalue weighted by Gasteiger charge is -2.11. The maximum absolute atomic E-state index is 10.7. The van der Waals surface area contributed by atoms with Gasteiger partial charge in [0.05, 0.1) is 6.54 Å². The van der Waals surface area contributed by atoms with Gasteiger partial charge in [-0.15, -0.1) is 0 Å². The Bertz CT molecular complexity index is 489. The van der Waals surface area contributed by atoms with Crippen molar-refractivity contribution < 1.29 is 9.53 Å². The van der Waals surface area contributed by atoms with Gasteiger partial charge in [0.1, 0.15) is 5.75 Å². The zero-order chi connectivity index (χ0) is 16.2. The molecule has 0 fully saturated rings. The van der Waals surface area contributed by atoms with Gasteiger partial charge in [-0.25, -0.2) is 4.99 Å². The van der Waals surface area contributed by atoms with Crippen molar-refractivity contribution in [2.24, 2.45) is 10.7 Å². The van der Waals surface area contributed by atoms with Gasteiger partial charge in [-0.3, -0.25) is 4.79 Å². The molecule has 4 N–H and O–H groups in total. The summed E-state index contributed by atoms with van der Waals surface area (Å²) in [6, 6.07) is 7.50. The molecule has 122 valence electrons. The van der Waals surface area contributed by atoms with E-state index in [0.717, 1.165) is 37.5 Å². The van der Waals surface area contributed by atoms with E-state index in [1.807, 2.05) is 25.1 Å². The van der Waals surface area contributed by atoms with Gasteiger partial charge < -0.3 is 21.1 Å². The molecule has 1 aromatic carbocycles. The molecular weight excluding hydrogens is 280 g/mol. The summed E-state index contributed by atoms with van der Waals surface area (Å²) < 4.78 is 5.29. The Kier molecular flexibility index (Phi) is 8.49. The number of carbonyl (C=O) groups excluding carboxylic acids is 1. The number of guanidine groups is 1. The molecule has 0 aliphatic carbocycles. The molecule has 0 bridgehead atoms. The van der Waals surface area contributed by atoms with Crippen molar-refractivity contribution in [2.45, 2.75) is 33.2 Å². The van der Waals surface area contributed by atoms with Crippen LogP contribution in [0.3, 0.4) is 0 Å². The lowest BCUT2D eigenvalue weighted by Crippen LogP contribution is -2.37. The molecule has 22 heavy (non-hydrogen) atoms. The van der Waals surface area contributed by atoms with Gasteiger partial charge in [-0.1, -0.05) is 25.5 Å². The molecule has 1 amide bonds. The zero-order valence-corrected chi connectivity index (χ0v) is 13.4. The number of hydrogen-bond acceptors (Lipinski definition) is 3. The first-order valence-electron chi connectivity index (χ1n) is 7.68. The predicted octanol–water partition coefficient (Wildman–Crippen LogP) is 1.41. The molecule has 6 nitrogen and oxygen atoms in total. The van der Waals surface area contributed by atoms with E-state index in [4.69, 9.17) is 10.5 Å². The van der Waals surface area contributed by atoms with Crippen LogP contribution in [0.25, 0.3) is 0 Å². The number of aliphatic imine (C=N–C) groups is 1. The third-order valence-electron chi connectivity index (χ3n) is 2.87. The fraction of sp³-hybridized carbons (Fsp3) is 0.500. The van der Waals surface area contributed by atoms with Gasteiger partial charge in [0.2, 0.25) is 0 Å². The quantitative estimate of drug-likeness (QED) is 0.365. The number of primary amides is 1. The molecular formula is C16H26N4O2. The van der Waals surface area contributed by atoms with Crippen molar-refractivity contribution >= 4 is 11.9 Å². The SMILES string of the molecule is CCCCNC(=NCc1cccc(OCC(N)=O)c1)NCC. The number of benzene rings is 1. The molecule has 0 atom stereocenters. The molecule has 0 heterocycles. The first-order valence-corrected chi connectivity index (χ1v) is 7.68. The number of amides is 1. The van der Waals surface area contributed by atoms with Gasteiger partial charge in [-0.05, 0) is 31.0 Å². The standard InChI is InChI=1S/C16H26N4O2/c1-3-5-9-19-16(18-4-2)20-11-13-7-6-8-14(10-13)22-12-15(17)21/h6-8,10H,3-5,9,11-12H2,1-2H3,(H2,17,21)(H2,18,19,20). The molecule has 1 rings (SSSR count). The van der Waals surface area contributed by atoms with Crippen LogP contribution in [0, 0.1) is 0 Å². The number of ether oxygens (including phenoxy) is 1. The summed E-state index contributed by atoms with van der Waals surface area (Å²) in [5, 5.41) is 6.51. The van der Waals surface area contributed by atoms with E-state index in [1.165, 1.54) is 0 Å². The van der Waals surface area contributed by atoms with Crippen LogP contribution in [0.2, 0.25) is 0 Å². The molecule has 0 spiro atoms. The van der Waals surface area contributed by atoms with Crippen LogP contribution in [-0.2, 0) is 11.3 Å². The number of rotatable bonds is 9. The van der Waals surface area contributed by atoms with Gasteiger partial charge >= 0.3 is 0 Å². The molecule has 0 aliphatic rings. The summed E-state index contributed by atoms with van der Waals surface area (Å²) in [7, 11) is 0. The maximum atomic E-state index is 10.7. The second-order valence-electron chi connectivity index (χ2n) is 4.88. The summed E-state index contributed by atoms with van der Waals surface area (Å²) in [4.78, 5) is 15.3. The zero-order valence-electron chi connectivity index (χ0n) is 13.4. The highest BCUT2D eigenvalue weighted by atomic mass is 16.5. The Labute approximate surface area is 132 Å². The Balaban J connectivity index is 2.60. The Morgan fingerprint density at radius 1 is 1.32 bits per heavy atom. The molecule has 0 saturated heterocycles. The van der Waals surface area contributed by atoms with Crippen molar-refractivity contribution in [3.63, 3.8) is 0 Å².